The molecule has 0 spiro atoms. The molecule has 3 nitrogen and oxygen atoms in total. The van der Waals surface area contributed by atoms with Crippen LogP contribution in [0.1, 0.15) is 10.4 Å². The van der Waals surface area contributed by atoms with Crippen LogP contribution < -0.4 is 4.90 Å². The number of allylic oxidation sites excluding steroid dienone is 6. The van der Waals surface area contributed by atoms with E-state index < -0.39 is 0 Å². The molecule has 2 aliphatic rings. The topological polar surface area (TPSA) is 24.8 Å². The Morgan fingerprint density at radius 2 is 1.37 bits per heavy atom. The number of benzene rings is 2. The molecule has 0 aromatic heterocycles. The van der Waals surface area contributed by atoms with Crippen LogP contribution in [-0.2, 0) is 0 Å². The Kier molecular flexibility index (Phi) is 5.92. The van der Waals surface area contributed by atoms with Crippen LogP contribution in [0, 0.1) is 0 Å². The van der Waals surface area contributed by atoms with Crippen molar-refractivity contribution in [2.24, 2.45) is 0 Å². The first-order valence-electron chi connectivity index (χ1n) is 10.3. The minimum Gasteiger partial charge on any atom is -0.347 e. The van der Waals surface area contributed by atoms with Crippen molar-refractivity contribution in [1.82, 2.24) is 4.90 Å². The molecule has 4 rings (SSSR count). The monoisotopic (exact) mass is 395 g/mol. The second kappa shape index (κ2) is 8.93. The van der Waals surface area contributed by atoms with E-state index in [1.54, 1.807) is 0 Å². The van der Waals surface area contributed by atoms with E-state index in [2.05, 4.69) is 62.7 Å². The van der Waals surface area contributed by atoms with Crippen LogP contribution in [-0.4, -0.2) is 37.4 Å². The third kappa shape index (κ3) is 4.58. The van der Waals surface area contributed by atoms with Gasteiger partial charge in [-0.3, -0.25) is 4.79 Å². The van der Waals surface area contributed by atoms with Crippen molar-refractivity contribution in [3.05, 3.63) is 120 Å². The minimum absolute atomic E-state index is 0.106. The van der Waals surface area contributed by atoms with Gasteiger partial charge in [-0.05, 0) is 46.6 Å². The molecule has 0 radical (unpaired) electrons. The molecule has 2 aromatic rings. The smallest absolute Gasteiger partial charge is 0.182 e. The summed E-state index contributed by atoms with van der Waals surface area (Å²) in [4.78, 5) is 16.0. The van der Waals surface area contributed by atoms with E-state index in [0.717, 1.165) is 22.3 Å². The number of likely N-dealkylation sites (N-methyl/N-ethyl adjacent to an activating group) is 1. The number of carbonyl (C=O) groups is 1. The van der Waals surface area contributed by atoms with Crippen LogP contribution in [0.4, 0.5) is 0 Å². The number of quaternary nitrogens is 1. The molecule has 150 valence electrons. The van der Waals surface area contributed by atoms with Crippen LogP contribution >= 0.6 is 0 Å². The van der Waals surface area contributed by atoms with Gasteiger partial charge in [0.25, 0.3) is 0 Å². The molecule has 1 N–H and O–H groups in total. The van der Waals surface area contributed by atoms with E-state index >= 15 is 0 Å². The van der Waals surface area contributed by atoms with E-state index in [4.69, 9.17) is 0 Å². The van der Waals surface area contributed by atoms with Crippen molar-refractivity contribution >= 4 is 5.78 Å². The quantitative estimate of drug-likeness (QED) is 0.779. The van der Waals surface area contributed by atoms with Gasteiger partial charge in [-0.25, -0.2) is 0 Å². The van der Waals surface area contributed by atoms with Gasteiger partial charge in [0.2, 0.25) is 0 Å². The lowest BCUT2D eigenvalue weighted by Gasteiger charge is -2.20. The first kappa shape index (κ1) is 19.9. The molecule has 1 aliphatic carbocycles. The molecule has 0 bridgehead atoms. The first-order chi connectivity index (χ1) is 14.6. The molecule has 0 unspecified atom stereocenters. The lowest BCUT2D eigenvalue weighted by atomic mass is 9.99. The highest BCUT2D eigenvalue weighted by molar-refractivity contribution is 5.98. The van der Waals surface area contributed by atoms with E-state index in [1.165, 1.54) is 10.5 Å². The van der Waals surface area contributed by atoms with Crippen molar-refractivity contribution in [2.45, 2.75) is 6.04 Å². The number of ketones is 1. The Morgan fingerprint density at radius 1 is 0.800 bits per heavy atom. The molecular weight excluding hydrogens is 368 g/mol. The molecule has 1 heterocycles. The second-order valence-electron chi connectivity index (χ2n) is 7.90. The zero-order valence-electron chi connectivity index (χ0n) is 17.5. The maximum absolute atomic E-state index is 12.7. The lowest BCUT2D eigenvalue weighted by Crippen LogP contribution is -3.09. The van der Waals surface area contributed by atoms with Gasteiger partial charge in [-0.2, -0.15) is 0 Å². The van der Waals surface area contributed by atoms with Crippen LogP contribution in [0.5, 0.6) is 0 Å². The summed E-state index contributed by atoms with van der Waals surface area (Å²) in [5.41, 5.74) is 5.36. The molecule has 0 saturated heterocycles. The summed E-state index contributed by atoms with van der Waals surface area (Å²) >= 11 is 0. The number of Topliss-reactive ketones (excluding diaryl/α,β-unsaturated/α-hetero) is 1. The van der Waals surface area contributed by atoms with Crippen LogP contribution in [0.3, 0.4) is 0 Å². The highest BCUT2D eigenvalue weighted by Crippen LogP contribution is 2.21. The van der Waals surface area contributed by atoms with Gasteiger partial charge in [0.1, 0.15) is 6.04 Å². The number of nitrogens with zero attached hydrogens (tertiary/aromatic N) is 1. The predicted molar refractivity (Wildman–Crippen MR) is 123 cm³/mol. The lowest BCUT2D eigenvalue weighted by molar-refractivity contribution is -0.871. The van der Waals surface area contributed by atoms with Crippen molar-refractivity contribution < 1.29 is 9.69 Å². The molecule has 0 atom stereocenters. The number of hydrogen-bond donors (Lipinski definition) is 1. The number of rotatable bonds is 5. The summed E-state index contributed by atoms with van der Waals surface area (Å²) in [6.45, 7) is 0.331. The zero-order chi connectivity index (χ0) is 20.9. The molecule has 0 fully saturated rings. The maximum atomic E-state index is 12.7. The fourth-order valence-electron chi connectivity index (χ4n) is 3.60. The van der Waals surface area contributed by atoms with Crippen LogP contribution in [0.15, 0.2) is 115 Å². The van der Waals surface area contributed by atoms with Crippen molar-refractivity contribution in [3.63, 3.8) is 0 Å². The van der Waals surface area contributed by atoms with E-state index in [9.17, 15) is 4.79 Å². The Labute approximate surface area is 178 Å². The van der Waals surface area contributed by atoms with Gasteiger partial charge < -0.3 is 9.80 Å². The second-order valence-corrected chi connectivity index (χ2v) is 7.90. The van der Waals surface area contributed by atoms with Crippen molar-refractivity contribution in [2.75, 3.05) is 20.6 Å². The number of nitrogens with one attached hydrogen (secondary N) is 1. The minimum atomic E-state index is 0.106. The zero-order valence-corrected chi connectivity index (χ0v) is 17.5. The van der Waals surface area contributed by atoms with Crippen LogP contribution in [0.2, 0.25) is 0 Å². The summed E-state index contributed by atoms with van der Waals surface area (Å²) in [6.07, 6.45) is 16.9. The summed E-state index contributed by atoms with van der Waals surface area (Å²) < 4.78 is 0. The van der Waals surface area contributed by atoms with E-state index in [0.29, 0.717) is 12.6 Å². The average molecular weight is 396 g/mol. The van der Waals surface area contributed by atoms with Gasteiger partial charge in [0.15, 0.2) is 5.78 Å². The summed E-state index contributed by atoms with van der Waals surface area (Å²) in [7, 11) is 4.31. The Hall–Kier alpha value is -3.43. The SMILES string of the molecule is C[NH+](C)C1C=CC(=C2C=CN(CC(=O)c3ccc(-c4ccccc4)cc3)C=C2)C=C1. The van der Waals surface area contributed by atoms with E-state index in [-0.39, 0.29) is 5.78 Å². The van der Waals surface area contributed by atoms with E-state index in [1.807, 2.05) is 59.8 Å². The Balaban J connectivity index is 1.38. The Bertz CT molecular complexity index is 1020. The summed E-state index contributed by atoms with van der Waals surface area (Å²) in [5, 5.41) is 0. The largest absolute Gasteiger partial charge is 0.347 e. The van der Waals surface area contributed by atoms with Crippen molar-refractivity contribution in [3.8, 4) is 11.1 Å². The average Bonchev–Trinajstić information content (AvgIpc) is 2.80. The fourth-order valence-corrected chi connectivity index (χ4v) is 3.60. The summed E-state index contributed by atoms with van der Waals surface area (Å²) in [5.74, 6) is 0.106. The molecule has 30 heavy (non-hydrogen) atoms. The maximum Gasteiger partial charge on any atom is 0.182 e. The third-order valence-electron chi connectivity index (χ3n) is 5.50. The molecule has 0 amide bonds. The van der Waals surface area contributed by atoms with Gasteiger partial charge in [0.05, 0.1) is 20.6 Å². The van der Waals surface area contributed by atoms with Gasteiger partial charge >= 0.3 is 0 Å². The highest BCUT2D eigenvalue weighted by atomic mass is 16.1. The molecule has 0 saturated carbocycles. The van der Waals surface area contributed by atoms with Gasteiger partial charge in [-0.15, -0.1) is 0 Å². The van der Waals surface area contributed by atoms with Crippen molar-refractivity contribution in [1.29, 1.82) is 0 Å². The molecule has 1 aliphatic heterocycles. The predicted octanol–water partition coefficient (Wildman–Crippen LogP) is 3.82. The Morgan fingerprint density at radius 3 is 1.97 bits per heavy atom. The first-order valence-corrected chi connectivity index (χ1v) is 10.3. The fraction of sp³-hybridized carbons (Fsp3) is 0.148. The van der Waals surface area contributed by atoms with Crippen LogP contribution in [0.25, 0.3) is 11.1 Å². The van der Waals surface area contributed by atoms with Gasteiger partial charge in [-0.1, -0.05) is 66.7 Å². The molecule has 2 aromatic carbocycles. The number of carbonyl (C=O) groups excluding carboxylic acids is 1. The molecular formula is C27H27N2O+. The standard InChI is InChI=1S/C27H26N2O/c1-28(2)26-14-12-23(13-15-26)24-16-18-29(19-17-24)20-27(30)25-10-8-22(9-11-25)21-6-4-3-5-7-21/h3-19,26H,20H2,1-2H3/p+1. The van der Waals surface area contributed by atoms with Gasteiger partial charge in [0, 0.05) is 18.0 Å². The third-order valence-corrected chi connectivity index (χ3v) is 5.50. The normalized spacial score (nSPS) is 17.8. The molecule has 3 heteroatoms. The highest BCUT2D eigenvalue weighted by Gasteiger charge is 2.14. The number of hydrogen-bond acceptors (Lipinski definition) is 2. The summed E-state index contributed by atoms with van der Waals surface area (Å²) in [6, 6.07) is 18.5.